The fourth-order valence-electron chi connectivity index (χ4n) is 3.01. The summed E-state index contributed by atoms with van der Waals surface area (Å²) in [4.78, 5) is 25.8. The molecule has 0 bridgehead atoms. The van der Waals surface area contributed by atoms with Crippen LogP contribution in [-0.4, -0.2) is 42.9 Å². The van der Waals surface area contributed by atoms with Crippen molar-refractivity contribution in [2.24, 2.45) is 0 Å². The van der Waals surface area contributed by atoms with E-state index in [-0.39, 0.29) is 17.9 Å². The Bertz CT molecular complexity index is 785. The zero-order valence-corrected chi connectivity index (χ0v) is 14.8. The minimum absolute atomic E-state index is 0.0118. The topological polar surface area (TPSA) is 61.4 Å². The number of rotatable bonds is 5. The number of amides is 2. The van der Waals surface area contributed by atoms with Crippen LogP contribution in [0.5, 0.6) is 0 Å². The standard InChI is InChI=1S/C21H23N3O2/c1-22-21(26)17-10-7-16(8-11-17)9-12-20(25)24-14-13-19(15-24)23-18-5-3-2-4-6-18/h2-12,19,23H,13-15H2,1H3,(H,22,26)/b12-9-/t19-/m0/s1. The molecule has 2 N–H and O–H groups in total. The second-order valence-electron chi connectivity index (χ2n) is 6.31. The molecule has 2 aromatic carbocycles. The van der Waals surface area contributed by atoms with E-state index in [4.69, 9.17) is 0 Å². The highest BCUT2D eigenvalue weighted by atomic mass is 16.2. The molecule has 3 rings (SSSR count). The number of nitrogens with zero attached hydrogens (tertiary/aromatic N) is 1. The number of likely N-dealkylation sites (tertiary alicyclic amines) is 1. The van der Waals surface area contributed by atoms with Crippen molar-refractivity contribution in [3.8, 4) is 0 Å². The molecule has 1 aliphatic rings. The largest absolute Gasteiger partial charge is 0.380 e. The van der Waals surface area contributed by atoms with E-state index in [0.717, 1.165) is 24.2 Å². The van der Waals surface area contributed by atoms with Gasteiger partial charge in [0.05, 0.1) is 0 Å². The zero-order chi connectivity index (χ0) is 18.4. The Labute approximate surface area is 153 Å². The molecule has 0 radical (unpaired) electrons. The van der Waals surface area contributed by atoms with Gasteiger partial charge in [-0.15, -0.1) is 0 Å². The molecule has 0 spiro atoms. The van der Waals surface area contributed by atoms with Gasteiger partial charge in [0.2, 0.25) is 5.91 Å². The highest BCUT2D eigenvalue weighted by Gasteiger charge is 2.24. The number of benzene rings is 2. The van der Waals surface area contributed by atoms with Crippen molar-refractivity contribution < 1.29 is 9.59 Å². The van der Waals surface area contributed by atoms with Gasteiger partial charge in [0.15, 0.2) is 0 Å². The summed E-state index contributed by atoms with van der Waals surface area (Å²) in [5, 5.41) is 6.05. The summed E-state index contributed by atoms with van der Waals surface area (Å²) in [5.41, 5.74) is 2.58. The van der Waals surface area contributed by atoms with E-state index < -0.39 is 0 Å². The molecule has 5 heteroatoms. The van der Waals surface area contributed by atoms with Gasteiger partial charge in [-0.2, -0.15) is 0 Å². The van der Waals surface area contributed by atoms with Gasteiger partial charge in [0.25, 0.3) is 5.91 Å². The van der Waals surface area contributed by atoms with E-state index in [0.29, 0.717) is 12.1 Å². The Balaban J connectivity index is 1.53. The van der Waals surface area contributed by atoms with Gasteiger partial charge in [-0.25, -0.2) is 0 Å². The second kappa shape index (κ2) is 8.34. The molecule has 5 nitrogen and oxygen atoms in total. The molecule has 2 amide bonds. The van der Waals surface area contributed by atoms with Gasteiger partial charge in [0, 0.05) is 43.5 Å². The van der Waals surface area contributed by atoms with Crippen molar-refractivity contribution in [3.05, 3.63) is 71.8 Å². The second-order valence-corrected chi connectivity index (χ2v) is 6.31. The predicted octanol–water partition coefficient (Wildman–Crippen LogP) is 2.77. The molecule has 1 saturated heterocycles. The SMILES string of the molecule is CNC(=O)c1ccc(/C=C\C(=O)N2CC[C@H](Nc3ccccc3)C2)cc1. The van der Waals surface area contributed by atoms with Crippen LogP contribution in [0.15, 0.2) is 60.7 Å². The maximum absolute atomic E-state index is 12.4. The summed E-state index contributed by atoms with van der Waals surface area (Å²) in [6.45, 7) is 1.46. The van der Waals surface area contributed by atoms with Crippen molar-refractivity contribution in [2.75, 3.05) is 25.5 Å². The lowest BCUT2D eigenvalue weighted by Gasteiger charge is -2.16. The summed E-state index contributed by atoms with van der Waals surface area (Å²) >= 11 is 0. The minimum atomic E-state index is -0.120. The molecule has 0 aliphatic carbocycles. The monoisotopic (exact) mass is 349 g/mol. The summed E-state index contributed by atoms with van der Waals surface area (Å²) in [6.07, 6.45) is 4.32. The molecule has 0 unspecified atom stereocenters. The lowest BCUT2D eigenvalue weighted by molar-refractivity contribution is -0.124. The van der Waals surface area contributed by atoms with Crippen LogP contribution in [-0.2, 0) is 4.79 Å². The van der Waals surface area contributed by atoms with Crippen molar-refractivity contribution >= 4 is 23.6 Å². The van der Waals surface area contributed by atoms with Gasteiger partial charge in [-0.3, -0.25) is 9.59 Å². The molecule has 2 aromatic rings. The summed E-state index contributed by atoms with van der Waals surface area (Å²) in [6, 6.07) is 17.5. The fourth-order valence-corrected chi connectivity index (χ4v) is 3.01. The average Bonchev–Trinajstić information content (AvgIpc) is 3.15. The molecule has 1 heterocycles. The number of hydrogen-bond acceptors (Lipinski definition) is 3. The van der Waals surface area contributed by atoms with E-state index in [9.17, 15) is 9.59 Å². The van der Waals surface area contributed by atoms with Crippen LogP contribution in [0.3, 0.4) is 0 Å². The minimum Gasteiger partial charge on any atom is -0.380 e. The molecule has 0 aromatic heterocycles. The molecule has 0 saturated carbocycles. The predicted molar refractivity (Wildman–Crippen MR) is 104 cm³/mol. The smallest absolute Gasteiger partial charge is 0.251 e. The van der Waals surface area contributed by atoms with Crippen molar-refractivity contribution in [2.45, 2.75) is 12.5 Å². The van der Waals surface area contributed by atoms with E-state index in [1.165, 1.54) is 0 Å². The van der Waals surface area contributed by atoms with Crippen LogP contribution in [0.1, 0.15) is 22.3 Å². The Kier molecular flexibility index (Phi) is 5.69. The van der Waals surface area contributed by atoms with Crippen LogP contribution in [0.2, 0.25) is 0 Å². The van der Waals surface area contributed by atoms with Crippen molar-refractivity contribution in [1.82, 2.24) is 10.2 Å². The van der Waals surface area contributed by atoms with Gasteiger partial charge in [0.1, 0.15) is 0 Å². The molecule has 1 fully saturated rings. The van der Waals surface area contributed by atoms with Gasteiger partial charge < -0.3 is 15.5 Å². The third-order valence-electron chi connectivity index (χ3n) is 4.46. The molecule has 1 atom stereocenters. The summed E-state index contributed by atoms with van der Waals surface area (Å²) in [5.74, 6) is -0.108. The first-order valence-corrected chi connectivity index (χ1v) is 8.76. The molecular formula is C21H23N3O2. The number of carbonyl (C=O) groups excluding carboxylic acids is 2. The van der Waals surface area contributed by atoms with Gasteiger partial charge >= 0.3 is 0 Å². The number of carbonyl (C=O) groups is 2. The molecular weight excluding hydrogens is 326 g/mol. The van der Waals surface area contributed by atoms with E-state index in [2.05, 4.69) is 10.6 Å². The van der Waals surface area contributed by atoms with E-state index in [1.54, 1.807) is 31.3 Å². The molecule has 26 heavy (non-hydrogen) atoms. The highest BCUT2D eigenvalue weighted by Crippen LogP contribution is 2.16. The normalized spacial score (nSPS) is 16.7. The Morgan fingerprint density at radius 2 is 1.81 bits per heavy atom. The van der Waals surface area contributed by atoms with Crippen LogP contribution in [0.4, 0.5) is 5.69 Å². The third-order valence-corrected chi connectivity index (χ3v) is 4.46. The number of anilines is 1. The van der Waals surface area contributed by atoms with Gasteiger partial charge in [-0.1, -0.05) is 30.3 Å². The lowest BCUT2D eigenvalue weighted by Crippen LogP contribution is -2.30. The number of hydrogen-bond donors (Lipinski definition) is 2. The summed E-state index contributed by atoms with van der Waals surface area (Å²) < 4.78 is 0. The van der Waals surface area contributed by atoms with E-state index >= 15 is 0 Å². The van der Waals surface area contributed by atoms with Crippen molar-refractivity contribution in [3.63, 3.8) is 0 Å². The van der Waals surface area contributed by atoms with Crippen LogP contribution in [0, 0.1) is 0 Å². The third kappa shape index (κ3) is 4.51. The average molecular weight is 349 g/mol. The highest BCUT2D eigenvalue weighted by molar-refractivity contribution is 5.95. The first kappa shape index (κ1) is 17.7. The molecule has 134 valence electrons. The first-order valence-electron chi connectivity index (χ1n) is 8.76. The Morgan fingerprint density at radius 3 is 2.50 bits per heavy atom. The zero-order valence-electron chi connectivity index (χ0n) is 14.8. The van der Waals surface area contributed by atoms with Crippen LogP contribution < -0.4 is 10.6 Å². The Hall–Kier alpha value is -3.08. The summed E-state index contributed by atoms with van der Waals surface area (Å²) in [7, 11) is 1.60. The number of nitrogens with one attached hydrogen (secondary N) is 2. The van der Waals surface area contributed by atoms with Crippen molar-refractivity contribution in [1.29, 1.82) is 0 Å². The Morgan fingerprint density at radius 1 is 1.08 bits per heavy atom. The quantitative estimate of drug-likeness (QED) is 0.816. The fraction of sp³-hybridized carbons (Fsp3) is 0.238. The number of para-hydroxylation sites is 1. The first-order chi connectivity index (χ1) is 12.7. The lowest BCUT2D eigenvalue weighted by atomic mass is 10.1. The van der Waals surface area contributed by atoms with Gasteiger partial charge in [-0.05, 0) is 42.3 Å². The van der Waals surface area contributed by atoms with E-state index in [1.807, 2.05) is 47.4 Å². The van der Waals surface area contributed by atoms with Crippen LogP contribution in [0.25, 0.3) is 6.08 Å². The molecule has 1 aliphatic heterocycles. The maximum Gasteiger partial charge on any atom is 0.251 e. The maximum atomic E-state index is 12.4. The van der Waals surface area contributed by atoms with Crippen LogP contribution >= 0.6 is 0 Å².